The van der Waals surface area contributed by atoms with E-state index in [4.69, 9.17) is 4.74 Å². The third kappa shape index (κ3) is 5.22. The average molecular weight is 488 g/mol. The number of nitrogens with zero attached hydrogens (tertiary/aromatic N) is 5. The monoisotopic (exact) mass is 487 g/mol. The number of piperidine rings is 1. The second kappa shape index (κ2) is 10.6. The molecule has 35 heavy (non-hydrogen) atoms. The molecule has 0 atom stereocenters. The summed E-state index contributed by atoms with van der Waals surface area (Å²) in [6.07, 6.45) is 2.88. The Morgan fingerprint density at radius 1 is 1.06 bits per heavy atom. The standard InChI is InChI=1S/C25H31F2N5O3/c1-4-31-23-22(24(33)32(5-2)25(31)34)29(3)21(28-23)11-8-17-6-9-18(10-7-17)35-19-12-14-30(15-13-19)16-20(26)27/h6-11,19-20H,4-5,12-16H2,1-3H3/b11-8+. The van der Waals surface area contributed by atoms with Gasteiger partial charge in [0.25, 0.3) is 12.0 Å². The van der Waals surface area contributed by atoms with Gasteiger partial charge >= 0.3 is 5.69 Å². The predicted octanol–water partition coefficient (Wildman–Crippen LogP) is 3.22. The summed E-state index contributed by atoms with van der Waals surface area (Å²) in [5.74, 6) is 1.31. The molecule has 1 aromatic carbocycles. The molecular weight excluding hydrogens is 456 g/mol. The zero-order chi connectivity index (χ0) is 25.1. The Morgan fingerprint density at radius 2 is 1.71 bits per heavy atom. The highest BCUT2D eigenvalue weighted by molar-refractivity contribution is 5.76. The lowest BCUT2D eigenvalue weighted by molar-refractivity contribution is 0.0479. The third-order valence-corrected chi connectivity index (χ3v) is 6.45. The maximum absolute atomic E-state index is 12.8. The normalized spacial score (nSPS) is 15.6. The van der Waals surface area contributed by atoms with Gasteiger partial charge in [-0.2, -0.15) is 0 Å². The minimum absolute atomic E-state index is 0.0219. The van der Waals surface area contributed by atoms with Crippen LogP contribution in [0.4, 0.5) is 8.78 Å². The number of hydrogen-bond acceptors (Lipinski definition) is 5. The van der Waals surface area contributed by atoms with Crippen molar-refractivity contribution in [3.63, 3.8) is 0 Å². The van der Waals surface area contributed by atoms with Crippen LogP contribution in [0.15, 0.2) is 33.9 Å². The second-order valence-electron chi connectivity index (χ2n) is 8.69. The van der Waals surface area contributed by atoms with E-state index in [1.807, 2.05) is 43.3 Å². The molecule has 0 radical (unpaired) electrons. The number of fused-ring (bicyclic) bond motifs is 1. The Labute approximate surface area is 202 Å². The molecule has 1 saturated heterocycles. The summed E-state index contributed by atoms with van der Waals surface area (Å²) < 4.78 is 35.6. The average Bonchev–Trinajstić information content (AvgIpc) is 3.16. The van der Waals surface area contributed by atoms with Crippen molar-refractivity contribution in [2.24, 2.45) is 7.05 Å². The van der Waals surface area contributed by atoms with Crippen molar-refractivity contribution < 1.29 is 13.5 Å². The van der Waals surface area contributed by atoms with E-state index >= 15 is 0 Å². The minimum Gasteiger partial charge on any atom is -0.490 e. The molecule has 0 N–H and O–H groups in total. The van der Waals surface area contributed by atoms with Crippen molar-refractivity contribution in [1.29, 1.82) is 0 Å². The first-order chi connectivity index (χ1) is 16.8. The molecule has 0 saturated carbocycles. The van der Waals surface area contributed by atoms with Crippen LogP contribution in [0.3, 0.4) is 0 Å². The molecule has 8 nitrogen and oxygen atoms in total. The van der Waals surface area contributed by atoms with E-state index in [-0.39, 0.29) is 23.9 Å². The number of hydrogen-bond donors (Lipinski definition) is 0. The molecule has 0 amide bonds. The van der Waals surface area contributed by atoms with E-state index in [2.05, 4.69) is 4.98 Å². The van der Waals surface area contributed by atoms with Crippen molar-refractivity contribution in [3.05, 3.63) is 56.5 Å². The lowest BCUT2D eigenvalue weighted by Crippen LogP contribution is -2.40. The van der Waals surface area contributed by atoms with Gasteiger partial charge in [0.05, 0.1) is 6.54 Å². The SMILES string of the molecule is CCn1c(=O)c2c(nc(/C=C/c3ccc(OC4CCN(CC(F)F)CC4)cc3)n2C)n(CC)c1=O. The van der Waals surface area contributed by atoms with Gasteiger partial charge in [-0.1, -0.05) is 18.2 Å². The highest BCUT2D eigenvalue weighted by Crippen LogP contribution is 2.21. The van der Waals surface area contributed by atoms with Crippen LogP contribution in [0.2, 0.25) is 0 Å². The lowest BCUT2D eigenvalue weighted by Gasteiger charge is -2.31. The lowest BCUT2D eigenvalue weighted by atomic mass is 10.1. The van der Waals surface area contributed by atoms with E-state index < -0.39 is 6.43 Å². The number of ether oxygens (including phenoxy) is 1. The Morgan fingerprint density at radius 3 is 2.31 bits per heavy atom. The van der Waals surface area contributed by atoms with Gasteiger partial charge < -0.3 is 9.30 Å². The summed E-state index contributed by atoms with van der Waals surface area (Å²) in [5.41, 5.74) is 1.02. The van der Waals surface area contributed by atoms with Crippen molar-refractivity contribution >= 4 is 23.3 Å². The zero-order valence-corrected chi connectivity index (χ0v) is 20.3. The largest absolute Gasteiger partial charge is 0.490 e. The van der Waals surface area contributed by atoms with Crippen molar-refractivity contribution in [3.8, 4) is 5.75 Å². The molecule has 1 aliphatic rings. The highest BCUT2D eigenvalue weighted by atomic mass is 19.3. The smallest absolute Gasteiger partial charge is 0.332 e. The number of aromatic nitrogens is 4. The molecule has 1 fully saturated rings. The first kappa shape index (κ1) is 24.8. The molecular formula is C25H31F2N5O3. The summed E-state index contributed by atoms with van der Waals surface area (Å²) in [5, 5.41) is 0. The van der Waals surface area contributed by atoms with Crippen LogP contribution < -0.4 is 16.0 Å². The molecule has 2 aromatic heterocycles. The van der Waals surface area contributed by atoms with Gasteiger partial charge in [-0.3, -0.25) is 18.8 Å². The summed E-state index contributed by atoms with van der Waals surface area (Å²) >= 11 is 0. The van der Waals surface area contributed by atoms with E-state index in [9.17, 15) is 18.4 Å². The fourth-order valence-electron chi connectivity index (χ4n) is 4.52. The topological polar surface area (TPSA) is 74.3 Å². The first-order valence-corrected chi connectivity index (χ1v) is 12.0. The molecule has 10 heteroatoms. The Hall–Kier alpha value is -3.27. The Bertz CT molecular complexity index is 1320. The number of likely N-dealkylation sites (tertiary alicyclic amines) is 1. The van der Waals surface area contributed by atoms with Gasteiger partial charge in [0.2, 0.25) is 0 Å². The van der Waals surface area contributed by atoms with Crippen LogP contribution in [0.1, 0.15) is 38.1 Å². The number of alkyl halides is 2. The van der Waals surface area contributed by atoms with Gasteiger partial charge in [0, 0.05) is 33.2 Å². The third-order valence-electron chi connectivity index (χ3n) is 6.45. The molecule has 0 bridgehead atoms. The summed E-state index contributed by atoms with van der Waals surface area (Å²) in [6, 6.07) is 7.61. The summed E-state index contributed by atoms with van der Waals surface area (Å²) in [7, 11) is 1.77. The number of imidazole rings is 1. The van der Waals surface area contributed by atoms with Gasteiger partial charge in [-0.05, 0) is 50.5 Å². The van der Waals surface area contributed by atoms with E-state index in [1.54, 1.807) is 23.4 Å². The van der Waals surface area contributed by atoms with Crippen molar-refractivity contribution in [2.45, 2.75) is 52.3 Å². The first-order valence-electron chi connectivity index (χ1n) is 12.0. The number of benzene rings is 1. The fourth-order valence-corrected chi connectivity index (χ4v) is 4.52. The van der Waals surface area contributed by atoms with Crippen LogP contribution in [-0.2, 0) is 20.1 Å². The van der Waals surface area contributed by atoms with Crippen LogP contribution >= 0.6 is 0 Å². The van der Waals surface area contributed by atoms with Gasteiger partial charge in [-0.25, -0.2) is 18.6 Å². The van der Waals surface area contributed by atoms with Gasteiger partial charge in [0.15, 0.2) is 11.2 Å². The van der Waals surface area contributed by atoms with Crippen LogP contribution in [0.5, 0.6) is 5.75 Å². The Kier molecular flexibility index (Phi) is 7.49. The van der Waals surface area contributed by atoms with Gasteiger partial charge in [0.1, 0.15) is 17.7 Å². The molecule has 3 aromatic rings. The molecule has 3 heterocycles. The highest BCUT2D eigenvalue weighted by Gasteiger charge is 2.22. The summed E-state index contributed by atoms with van der Waals surface area (Å²) in [6.45, 7) is 5.40. The van der Waals surface area contributed by atoms with Crippen molar-refractivity contribution in [1.82, 2.24) is 23.6 Å². The molecule has 0 unspecified atom stereocenters. The maximum Gasteiger partial charge on any atom is 0.332 e. The number of rotatable bonds is 8. The summed E-state index contributed by atoms with van der Waals surface area (Å²) in [4.78, 5) is 31.8. The number of halogens is 2. The van der Waals surface area contributed by atoms with E-state index in [0.717, 1.165) is 24.2 Å². The number of aryl methyl sites for hydroxylation is 2. The Balaban J connectivity index is 1.47. The zero-order valence-electron chi connectivity index (χ0n) is 20.3. The van der Waals surface area contributed by atoms with E-state index in [0.29, 0.717) is 43.2 Å². The quantitative estimate of drug-likeness (QED) is 0.488. The molecule has 188 valence electrons. The van der Waals surface area contributed by atoms with Crippen LogP contribution in [-0.4, -0.2) is 55.7 Å². The molecule has 0 aliphatic carbocycles. The van der Waals surface area contributed by atoms with Gasteiger partial charge in [-0.15, -0.1) is 0 Å². The minimum atomic E-state index is -2.30. The molecule has 1 aliphatic heterocycles. The maximum atomic E-state index is 12.8. The second-order valence-corrected chi connectivity index (χ2v) is 8.69. The predicted molar refractivity (Wildman–Crippen MR) is 132 cm³/mol. The fraction of sp³-hybridized carbons (Fsp3) is 0.480. The van der Waals surface area contributed by atoms with E-state index in [1.165, 1.54) is 9.13 Å². The van der Waals surface area contributed by atoms with Crippen molar-refractivity contribution in [2.75, 3.05) is 19.6 Å². The molecule has 4 rings (SSSR count). The molecule has 0 spiro atoms. The van der Waals surface area contributed by atoms with Crippen LogP contribution in [0, 0.1) is 0 Å². The van der Waals surface area contributed by atoms with Crippen LogP contribution in [0.25, 0.3) is 23.3 Å².